The Hall–Kier alpha value is -1.56. The maximum Gasteiger partial charge on any atom is 0.405 e. The molecule has 0 aromatic heterocycles. The number of carbonyl (C=O) groups excluding carboxylic acids is 2. The molecule has 0 fully saturated rings. The molecule has 1 rings (SSSR count). The molecule has 0 saturated carbocycles. The molecule has 0 saturated heterocycles. The molecule has 0 aliphatic rings. The Balaban J connectivity index is 2.35. The van der Waals surface area contributed by atoms with E-state index in [0.717, 1.165) is 10.0 Å². The fourth-order valence-corrected chi connectivity index (χ4v) is 2.12. The summed E-state index contributed by atoms with van der Waals surface area (Å²) in [5, 5.41) is 2.82. The van der Waals surface area contributed by atoms with Crippen LogP contribution in [0, 0.1) is 0 Å². The minimum atomic E-state index is -0.829. The van der Waals surface area contributed by atoms with Crippen LogP contribution in [0.1, 0.15) is 32.3 Å². The predicted molar refractivity (Wildman–Crippen MR) is 80.0 cm³/mol. The molecule has 0 atom stereocenters. The van der Waals surface area contributed by atoms with Crippen LogP contribution < -0.4 is 11.1 Å². The van der Waals surface area contributed by atoms with Crippen LogP contribution in [-0.2, 0) is 16.1 Å². The zero-order valence-corrected chi connectivity index (χ0v) is 13.2. The van der Waals surface area contributed by atoms with Gasteiger partial charge in [0.05, 0.1) is 0 Å². The largest absolute Gasteiger partial charge is 0.444 e. The number of primary amides is 1. The van der Waals surface area contributed by atoms with Gasteiger partial charge in [-0.25, -0.2) is 4.79 Å². The third-order valence-electron chi connectivity index (χ3n) is 2.71. The van der Waals surface area contributed by atoms with Crippen molar-refractivity contribution in [1.29, 1.82) is 0 Å². The first-order valence-electron chi connectivity index (χ1n) is 6.28. The Labute approximate surface area is 127 Å². The van der Waals surface area contributed by atoms with Crippen molar-refractivity contribution in [3.8, 4) is 0 Å². The Bertz CT molecular complexity index is 489. The van der Waals surface area contributed by atoms with Gasteiger partial charge in [0.25, 0.3) is 0 Å². The quantitative estimate of drug-likeness (QED) is 0.833. The summed E-state index contributed by atoms with van der Waals surface area (Å²) in [7, 11) is 0. The van der Waals surface area contributed by atoms with Gasteiger partial charge in [0.2, 0.25) is 5.91 Å². The van der Waals surface area contributed by atoms with Crippen LogP contribution in [0.15, 0.2) is 28.7 Å². The van der Waals surface area contributed by atoms with Crippen LogP contribution in [-0.4, -0.2) is 17.6 Å². The molecule has 110 valence electrons. The molecule has 6 heteroatoms. The molecule has 0 bridgehead atoms. The maximum absolute atomic E-state index is 11.7. The highest BCUT2D eigenvalue weighted by Gasteiger charge is 2.22. The van der Waals surface area contributed by atoms with Gasteiger partial charge < -0.3 is 15.8 Å². The number of hydrogen-bond acceptors (Lipinski definition) is 3. The number of halogens is 1. The molecule has 0 aliphatic heterocycles. The number of benzene rings is 1. The number of carbonyl (C=O) groups is 2. The highest BCUT2D eigenvalue weighted by Crippen LogP contribution is 2.16. The molecule has 1 aromatic rings. The average Bonchev–Trinajstić information content (AvgIpc) is 2.32. The maximum atomic E-state index is 11.7. The van der Waals surface area contributed by atoms with E-state index in [0.29, 0.717) is 13.0 Å². The van der Waals surface area contributed by atoms with Gasteiger partial charge in [0, 0.05) is 17.4 Å². The topological polar surface area (TPSA) is 81.4 Å². The summed E-state index contributed by atoms with van der Waals surface area (Å²) in [4.78, 5) is 22.4. The minimum absolute atomic E-state index is 0.0916. The molecular formula is C14H19BrN2O3. The molecule has 2 amide bonds. The van der Waals surface area contributed by atoms with Crippen LogP contribution in [0.5, 0.6) is 0 Å². The second-order valence-corrected chi connectivity index (χ2v) is 6.00. The van der Waals surface area contributed by atoms with Crippen LogP contribution in [0.25, 0.3) is 0 Å². The Morgan fingerprint density at radius 2 is 2.10 bits per heavy atom. The predicted octanol–water partition coefficient (Wildman–Crippen LogP) is 2.72. The number of hydrogen-bond donors (Lipinski definition) is 2. The standard InChI is InChI=1S/C14H19BrN2O3/c1-14(2,20-13(16)19)7-6-12(18)17-9-10-4-3-5-11(15)8-10/h3-5,8H,6-7,9H2,1-2H3,(H2,16,19)(H,17,18). The van der Waals surface area contributed by atoms with Crippen LogP contribution >= 0.6 is 15.9 Å². The second kappa shape index (κ2) is 7.28. The van der Waals surface area contributed by atoms with Crippen molar-refractivity contribution in [2.45, 2.75) is 38.8 Å². The number of amides is 2. The number of ether oxygens (including phenoxy) is 1. The van der Waals surface area contributed by atoms with Gasteiger partial charge in [-0.05, 0) is 38.0 Å². The zero-order valence-electron chi connectivity index (χ0n) is 11.6. The van der Waals surface area contributed by atoms with E-state index in [1.165, 1.54) is 0 Å². The van der Waals surface area contributed by atoms with E-state index >= 15 is 0 Å². The normalized spacial score (nSPS) is 10.9. The molecule has 3 N–H and O–H groups in total. The minimum Gasteiger partial charge on any atom is -0.444 e. The van der Waals surface area contributed by atoms with E-state index in [9.17, 15) is 9.59 Å². The fourth-order valence-electron chi connectivity index (χ4n) is 1.67. The van der Waals surface area contributed by atoms with Gasteiger partial charge in [-0.15, -0.1) is 0 Å². The van der Waals surface area contributed by atoms with Crippen molar-refractivity contribution < 1.29 is 14.3 Å². The molecule has 5 nitrogen and oxygen atoms in total. The van der Waals surface area contributed by atoms with E-state index < -0.39 is 11.7 Å². The molecule has 0 unspecified atom stereocenters. The third kappa shape index (κ3) is 6.56. The van der Waals surface area contributed by atoms with Crippen LogP contribution in [0.2, 0.25) is 0 Å². The fraction of sp³-hybridized carbons (Fsp3) is 0.429. The zero-order chi connectivity index (χ0) is 15.2. The van der Waals surface area contributed by atoms with Gasteiger partial charge >= 0.3 is 6.09 Å². The van der Waals surface area contributed by atoms with E-state index in [1.807, 2.05) is 24.3 Å². The second-order valence-electron chi connectivity index (χ2n) is 5.09. The molecule has 0 aliphatic carbocycles. The van der Waals surface area contributed by atoms with Gasteiger partial charge in [-0.3, -0.25) is 4.79 Å². The Morgan fingerprint density at radius 3 is 2.70 bits per heavy atom. The smallest absolute Gasteiger partial charge is 0.405 e. The van der Waals surface area contributed by atoms with Crippen molar-refractivity contribution in [2.75, 3.05) is 0 Å². The van der Waals surface area contributed by atoms with E-state index in [2.05, 4.69) is 21.2 Å². The summed E-state index contributed by atoms with van der Waals surface area (Å²) in [5.74, 6) is -0.0916. The molecule has 0 spiro atoms. The van der Waals surface area contributed by atoms with E-state index in [-0.39, 0.29) is 12.3 Å². The first-order valence-corrected chi connectivity index (χ1v) is 7.07. The van der Waals surface area contributed by atoms with Crippen molar-refractivity contribution in [3.63, 3.8) is 0 Å². The Kier molecular flexibility index (Phi) is 6.01. The summed E-state index contributed by atoms with van der Waals surface area (Å²) < 4.78 is 5.89. The summed E-state index contributed by atoms with van der Waals surface area (Å²) in [6, 6.07) is 7.72. The summed E-state index contributed by atoms with van der Waals surface area (Å²) in [6.45, 7) is 3.91. The number of nitrogens with two attached hydrogens (primary N) is 1. The summed E-state index contributed by atoms with van der Waals surface area (Å²) >= 11 is 3.38. The van der Waals surface area contributed by atoms with Gasteiger partial charge in [0.15, 0.2) is 0 Å². The van der Waals surface area contributed by atoms with E-state index in [4.69, 9.17) is 10.5 Å². The monoisotopic (exact) mass is 342 g/mol. The van der Waals surface area contributed by atoms with Crippen molar-refractivity contribution in [2.24, 2.45) is 5.73 Å². The summed E-state index contributed by atoms with van der Waals surface area (Å²) in [5.41, 5.74) is 5.24. The molecule has 0 heterocycles. The molecular weight excluding hydrogens is 324 g/mol. The molecule has 20 heavy (non-hydrogen) atoms. The highest BCUT2D eigenvalue weighted by molar-refractivity contribution is 9.10. The molecule has 0 radical (unpaired) electrons. The first-order chi connectivity index (χ1) is 9.28. The van der Waals surface area contributed by atoms with Gasteiger partial charge in [-0.1, -0.05) is 28.1 Å². The molecule has 1 aromatic carbocycles. The van der Waals surface area contributed by atoms with E-state index in [1.54, 1.807) is 13.8 Å². The number of nitrogens with one attached hydrogen (secondary N) is 1. The lowest BCUT2D eigenvalue weighted by Gasteiger charge is -2.23. The van der Waals surface area contributed by atoms with Gasteiger partial charge in [-0.2, -0.15) is 0 Å². The van der Waals surface area contributed by atoms with Crippen LogP contribution in [0.3, 0.4) is 0 Å². The van der Waals surface area contributed by atoms with Crippen molar-refractivity contribution in [3.05, 3.63) is 34.3 Å². The van der Waals surface area contributed by atoms with Crippen LogP contribution in [0.4, 0.5) is 4.79 Å². The lowest BCUT2D eigenvalue weighted by Crippen LogP contribution is -2.33. The first kappa shape index (κ1) is 16.5. The van der Waals surface area contributed by atoms with Crippen molar-refractivity contribution >= 4 is 27.9 Å². The Morgan fingerprint density at radius 1 is 1.40 bits per heavy atom. The average molecular weight is 343 g/mol. The van der Waals surface area contributed by atoms with Crippen molar-refractivity contribution in [1.82, 2.24) is 5.32 Å². The summed E-state index contributed by atoms with van der Waals surface area (Å²) in [6.07, 6.45) is -0.140. The highest BCUT2D eigenvalue weighted by atomic mass is 79.9. The number of rotatable bonds is 6. The SMILES string of the molecule is CC(C)(CCC(=O)NCc1cccc(Br)c1)OC(N)=O. The van der Waals surface area contributed by atoms with Gasteiger partial charge in [0.1, 0.15) is 5.60 Å². The lowest BCUT2D eigenvalue weighted by atomic mass is 10.0. The lowest BCUT2D eigenvalue weighted by molar-refractivity contribution is -0.122. The third-order valence-corrected chi connectivity index (χ3v) is 3.20.